The number of carbonyl (C=O) groups excluding carboxylic acids is 2. The second-order valence-corrected chi connectivity index (χ2v) is 9.58. The van der Waals surface area contributed by atoms with Gasteiger partial charge >= 0.3 is 0 Å². The van der Waals surface area contributed by atoms with Gasteiger partial charge in [-0.15, -0.1) is 0 Å². The predicted octanol–water partition coefficient (Wildman–Crippen LogP) is 4.56. The van der Waals surface area contributed by atoms with E-state index >= 15 is 0 Å². The third-order valence-corrected chi connectivity index (χ3v) is 8.14. The van der Waals surface area contributed by atoms with Gasteiger partial charge in [0.05, 0.1) is 12.7 Å². The summed E-state index contributed by atoms with van der Waals surface area (Å²) in [5.41, 5.74) is 0.763. The van der Waals surface area contributed by atoms with Crippen molar-refractivity contribution < 1.29 is 18.7 Å². The van der Waals surface area contributed by atoms with Gasteiger partial charge < -0.3 is 9.15 Å². The minimum absolute atomic E-state index is 0.0107. The Morgan fingerprint density at radius 2 is 1.80 bits per heavy atom. The molecule has 6 unspecified atom stereocenters. The third-order valence-electron chi connectivity index (χ3n) is 8.14. The Bertz CT molecular complexity index is 1000. The molecule has 0 bridgehead atoms. The maximum absolute atomic E-state index is 13.4. The lowest BCUT2D eigenvalue weighted by atomic mass is 9.76. The summed E-state index contributed by atoms with van der Waals surface area (Å²) in [5.74, 6) is 0.876. The molecule has 1 heterocycles. The fourth-order valence-corrected chi connectivity index (χ4v) is 6.26. The molecule has 0 amide bonds. The van der Waals surface area contributed by atoms with Gasteiger partial charge in [0.15, 0.2) is 5.43 Å². The van der Waals surface area contributed by atoms with E-state index in [4.69, 9.17) is 9.15 Å². The van der Waals surface area contributed by atoms with Gasteiger partial charge in [0.1, 0.15) is 17.3 Å². The topological polar surface area (TPSA) is 73.6 Å². The van der Waals surface area contributed by atoms with Crippen LogP contribution in [-0.4, -0.2) is 18.7 Å². The van der Waals surface area contributed by atoms with Gasteiger partial charge in [0.25, 0.3) is 5.95 Å². The standard InChI is InChI=1S/C25H34O5/c1-10-17(26)12(2)11-13(3)18-14(4)21(28)24(7)20(18)25(24,8)22-15(5)19(27)16(6)23(29-9)30-22/h11-12,14,18,20H,10H2,1-9H3. The summed E-state index contributed by atoms with van der Waals surface area (Å²) in [5, 5.41) is 0. The molecule has 2 fully saturated rings. The maximum atomic E-state index is 13.4. The van der Waals surface area contributed by atoms with Gasteiger partial charge in [-0.2, -0.15) is 0 Å². The molecule has 0 spiro atoms. The van der Waals surface area contributed by atoms with Crippen LogP contribution in [0, 0.1) is 42.9 Å². The van der Waals surface area contributed by atoms with Crippen LogP contribution in [0.15, 0.2) is 20.9 Å². The first-order valence-corrected chi connectivity index (χ1v) is 10.8. The van der Waals surface area contributed by atoms with Crippen LogP contribution in [0.5, 0.6) is 5.95 Å². The Balaban J connectivity index is 2.12. The summed E-state index contributed by atoms with van der Waals surface area (Å²) in [7, 11) is 1.48. The fourth-order valence-electron chi connectivity index (χ4n) is 6.26. The second kappa shape index (κ2) is 7.21. The van der Waals surface area contributed by atoms with Crippen molar-refractivity contribution in [3.05, 3.63) is 38.8 Å². The Hall–Kier alpha value is -2.17. The fraction of sp³-hybridized carbons (Fsp3) is 0.640. The molecule has 0 N–H and O–H groups in total. The van der Waals surface area contributed by atoms with Gasteiger partial charge in [-0.1, -0.05) is 46.3 Å². The first-order valence-electron chi connectivity index (χ1n) is 10.8. The molecule has 1 aromatic heterocycles. The van der Waals surface area contributed by atoms with E-state index in [9.17, 15) is 14.4 Å². The third kappa shape index (κ3) is 2.70. The molecule has 5 heteroatoms. The lowest BCUT2D eigenvalue weighted by Crippen LogP contribution is -2.32. The lowest BCUT2D eigenvalue weighted by Gasteiger charge is -2.28. The molecular formula is C25H34O5. The van der Waals surface area contributed by atoms with Crippen LogP contribution in [0.25, 0.3) is 0 Å². The number of hydrogen-bond acceptors (Lipinski definition) is 5. The summed E-state index contributed by atoms with van der Waals surface area (Å²) in [6.45, 7) is 15.3. The first kappa shape index (κ1) is 22.5. The minimum atomic E-state index is -0.606. The van der Waals surface area contributed by atoms with E-state index in [0.717, 1.165) is 5.57 Å². The normalized spacial score (nSPS) is 34.0. The van der Waals surface area contributed by atoms with Crippen molar-refractivity contribution in [1.82, 2.24) is 0 Å². The Morgan fingerprint density at radius 3 is 2.33 bits per heavy atom. The summed E-state index contributed by atoms with van der Waals surface area (Å²) < 4.78 is 11.4. The minimum Gasteiger partial charge on any atom is -0.468 e. The zero-order valence-electron chi connectivity index (χ0n) is 19.6. The van der Waals surface area contributed by atoms with Crippen molar-refractivity contribution in [3.8, 4) is 5.95 Å². The van der Waals surface area contributed by atoms with Crippen molar-refractivity contribution >= 4 is 11.6 Å². The van der Waals surface area contributed by atoms with Crippen LogP contribution < -0.4 is 10.2 Å². The van der Waals surface area contributed by atoms with Crippen molar-refractivity contribution in [1.29, 1.82) is 0 Å². The van der Waals surface area contributed by atoms with Gasteiger partial charge in [-0.3, -0.25) is 14.4 Å². The summed E-state index contributed by atoms with van der Waals surface area (Å²) in [6, 6.07) is 0. The highest BCUT2D eigenvalue weighted by Crippen LogP contribution is 2.79. The molecule has 6 atom stereocenters. The largest absolute Gasteiger partial charge is 0.468 e. The highest BCUT2D eigenvalue weighted by Gasteiger charge is 2.83. The number of fused-ring (bicyclic) bond motifs is 1. The number of Topliss-reactive ketones (excluding diaryl/α,β-unsaturated/α-hetero) is 2. The zero-order valence-corrected chi connectivity index (χ0v) is 19.6. The average molecular weight is 415 g/mol. The van der Waals surface area contributed by atoms with E-state index in [1.54, 1.807) is 13.8 Å². The number of allylic oxidation sites excluding steroid dienone is 2. The van der Waals surface area contributed by atoms with Gasteiger partial charge in [-0.05, 0) is 32.6 Å². The number of carbonyl (C=O) groups is 2. The van der Waals surface area contributed by atoms with E-state index in [1.165, 1.54) is 7.11 Å². The van der Waals surface area contributed by atoms with Crippen LogP contribution in [-0.2, 0) is 15.0 Å². The molecule has 2 saturated carbocycles. The van der Waals surface area contributed by atoms with Gasteiger partial charge in [0, 0.05) is 34.7 Å². The van der Waals surface area contributed by atoms with Crippen molar-refractivity contribution in [2.24, 2.45) is 29.1 Å². The van der Waals surface area contributed by atoms with Gasteiger partial charge in [-0.25, -0.2) is 0 Å². The predicted molar refractivity (Wildman–Crippen MR) is 116 cm³/mol. The highest BCUT2D eigenvalue weighted by atomic mass is 16.6. The van der Waals surface area contributed by atoms with Gasteiger partial charge in [0.2, 0.25) is 0 Å². The average Bonchev–Trinajstić information content (AvgIpc) is 3.11. The van der Waals surface area contributed by atoms with E-state index in [-0.39, 0.29) is 46.6 Å². The quantitative estimate of drug-likeness (QED) is 0.638. The Morgan fingerprint density at radius 1 is 1.20 bits per heavy atom. The summed E-state index contributed by atoms with van der Waals surface area (Å²) in [6.07, 6.45) is 2.51. The smallest absolute Gasteiger partial charge is 0.291 e. The number of ketones is 2. The maximum Gasteiger partial charge on any atom is 0.291 e. The van der Waals surface area contributed by atoms with E-state index in [1.807, 2.05) is 47.6 Å². The number of hydrogen-bond donors (Lipinski definition) is 0. The zero-order chi connectivity index (χ0) is 22.8. The van der Waals surface area contributed by atoms with E-state index < -0.39 is 10.8 Å². The molecule has 0 aliphatic heterocycles. The van der Waals surface area contributed by atoms with Crippen molar-refractivity contribution in [2.45, 2.75) is 67.2 Å². The number of rotatable bonds is 6. The van der Waals surface area contributed by atoms with Crippen LogP contribution in [0.4, 0.5) is 0 Å². The lowest BCUT2D eigenvalue weighted by molar-refractivity contribution is -0.126. The SMILES string of the molecule is CCC(=O)C(C)C=C(C)C1C(C)C(=O)C2(C)C1C2(C)c1oc(OC)c(C)c(=O)c1C. The van der Waals surface area contributed by atoms with Crippen LogP contribution in [0.2, 0.25) is 0 Å². The van der Waals surface area contributed by atoms with Crippen LogP contribution in [0.1, 0.15) is 64.9 Å². The van der Waals surface area contributed by atoms with Crippen LogP contribution >= 0.6 is 0 Å². The second-order valence-electron chi connectivity index (χ2n) is 9.58. The summed E-state index contributed by atoms with van der Waals surface area (Å²) in [4.78, 5) is 38.4. The van der Waals surface area contributed by atoms with Crippen LogP contribution in [0.3, 0.4) is 0 Å². The Labute approximate surface area is 178 Å². The van der Waals surface area contributed by atoms with E-state index in [0.29, 0.717) is 23.3 Å². The monoisotopic (exact) mass is 414 g/mol. The molecule has 0 aromatic carbocycles. The van der Waals surface area contributed by atoms with Crippen molar-refractivity contribution in [2.75, 3.05) is 7.11 Å². The molecule has 30 heavy (non-hydrogen) atoms. The molecule has 1 aromatic rings. The first-order chi connectivity index (χ1) is 13.9. The molecule has 164 valence electrons. The highest BCUT2D eigenvalue weighted by molar-refractivity contribution is 5.97. The molecule has 5 nitrogen and oxygen atoms in total. The number of ether oxygens (including phenoxy) is 1. The molecule has 0 radical (unpaired) electrons. The molecule has 3 rings (SSSR count). The molecular weight excluding hydrogens is 380 g/mol. The molecule has 2 aliphatic rings. The van der Waals surface area contributed by atoms with Crippen molar-refractivity contribution in [3.63, 3.8) is 0 Å². The number of methoxy groups -OCH3 is 1. The molecule has 0 saturated heterocycles. The van der Waals surface area contributed by atoms with E-state index in [2.05, 4.69) is 0 Å². The Kier molecular flexibility index (Phi) is 5.41. The molecule has 2 aliphatic carbocycles. The summed E-state index contributed by atoms with van der Waals surface area (Å²) >= 11 is 0.